The van der Waals surface area contributed by atoms with Crippen LogP contribution in [0.3, 0.4) is 0 Å². The summed E-state index contributed by atoms with van der Waals surface area (Å²) in [6.45, 7) is 4.56. The summed E-state index contributed by atoms with van der Waals surface area (Å²) in [7, 11) is 0. The van der Waals surface area contributed by atoms with Crippen LogP contribution < -0.4 is 0 Å². The summed E-state index contributed by atoms with van der Waals surface area (Å²) in [5, 5.41) is 13.1. The van der Waals surface area contributed by atoms with Crippen molar-refractivity contribution in [3.05, 3.63) is 17.0 Å². The van der Waals surface area contributed by atoms with Crippen molar-refractivity contribution in [1.29, 1.82) is 0 Å². The van der Waals surface area contributed by atoms with Gasteiger partial charge in [0.15, 0.2) is 0 Å². The standard InChI is InChI=1S/C17H25NO3/c1-10(2)7-11-8-13(9-11)17-16(12-3-4-12)14(18-21-17)5-6-15(19)20/h10-13H,3-9H2,1-2H3,(H,19,20). The van der Waals surface area contributed by atoms with Crippen molar-refractivity contribution in [2.75, 3.05) is 0 Å². The summed E-state index contributed by atoms with van der Waals surface area (Å²) < 4.78 is 5.64. The predicted molar refractivity (Wildman–Crippen MR) is 79.4 cm³/mol. The molecule has 0 radical (unpaired) electrons. The van der Waals surface area contributed by atoms with Gasteiger partial charge in [-0.2, -0.15) is 0 Å². The smallest absolute Gasteiger partial charge is 0.303 e. The van der Waals surface area contributed by atoms with Gasteiger partial charge in [-0.1, -0.05) is 19.0 Å². The normalized spacial score (nSPS) is 25.1. The highest BCUT2D eigenvalue weighted by molar-refractivity contribution is 5.67. The second-order valence-corrected chi connectivity index (χ2v) is 7.24. The van der Waals surface area contributed by atoms with E-state index in [9.17, 15) is 4.79 Å². The molecule has 1 heterocycles. The average Bonchev–Trinajstić information content (AvgIpc) is 3.11. The zero-order valence-corrected chi connectivity index (χ0v) is 13.0. The molecule has 2 aliphatic rings. The molecule has 0 spiro atoms. The van der Waals surface area contributed by atoms with Crippen LogP contribution in [0.15, 0.2) is 4.52 Å². The molecule has 4 nitrogen and oxygen atoms in total. The van der Waals surface area contributed by atoms with E-state index >= 15 is 0 Å². The molecule has 0 atom stereocenters. The van der Waals surface area contributed by atoms with E-state index in [4.69, 9.17) is 9.63 Å². The summed E-state index contributed by atoms with van der Waals surface area (Å²) in [4.78, 5) is 10.8. The minimum atomic E-state index is -0.762. The van der Waals surface area contributed by atoms with Gasteiger partial charge < -0.3 is 9.63 Å². The molecule has 2 aliphatic carbocycles. The molecule has 2 fully saturated rings. The lowest BCUT2D eigenvalue weighted by molar-refractivity contribution is -0.136. The van der Waals surface area contributed by atoms with Crippen LogP contribution in [-0.2, 0) is 11.2 Å². The Morgan fingerprint density at radius 3 is 2.62 bits per heavy atom. The third-order valence-electron chi connectivity index (χ3n) is 4.80. The van der Waals surface area contributed by atoms with Gasteiger partial charge in [-0.05, 0) is 49.9 Å². The number of carboxylic acids is 1. The van der Waals surface area contributed by atoms with Crippen molar-refractivity contribution in [3.8, 4) is 0 Å². The summed E-state index contributed by atoms with van der Waals surface area (Å²) in [5.41, 5.74) is 2.17. The number of carbonyl (C=O) groups is 1. The second-order valence-electron chi connectivity index (χ2n) is 7.24. The zero-order valence-electron chi connectivity index (χ0n) is 13.0. The number of hydrogen-bond acceptors (Lipinski definition) is 3. The number of nitrogens with zero attached hydrogens (tertiary/aromatic N) is 1. The Morgan fingerprint density at radius 1 is 1.33 bits per heavy atom. The predicted octanol–water partition coefficient (Wildman–Crippen LogP) is 4.11. The third-order valence-corrected chi connectivity index (χ3v) is 4.80. The van der Waals surface area contributed by atoms with Gasteiger partial charge >= 0.3 is 5.97 Å². The number of aryl methyl sites for hydroxylation is 1. The first-order valence-electron chi connectivity index (χ1n) is 8.24. The van der Waals surface area contributed by atoms with E-state index < -0.39 is 5.97 Å². The fourth-order valence-electron chi connectivity index (χ4n) is 3.66. The minimum absolute atomic E-state index is 0.145. The number of carboxylic acid groups (broad SMARTS) is 1. The molecule has 3 rings (SSSR count). The molecule has 0 aliphatic heterocycles. The van der Waals surface area contributed by atoms with Crippen LogP contribution in [0, 0.1) is 11.8 Å². The molecule has 116 valence electrons. The summed E-state index contributed by atoms with van der Waals surface area (Å²) in [6.07, 6.45) is 6.79. The molecule has 0 saturated heterocycles. The number of aliphatic carboxylic acids is 1. The van der Waals surface area contributed by atoms with Crippen LogP contribution in [0.2, 0.25) is 0 Å². The largest absolute Gasteiger partial charge is 0.481 e. The molecule has 0 bridgehead atoms. The lowest BCUT2D eigenvalue weighted by Gasteiger charge is -2.35. The minimum Gasteiger partial charge on any atom is -0.481 e. The van der Waals surface area contributed by atoms with Crippen LogP contribution in [0.5, 0.6) is 0 Å². The Balaban J connectivity index is 1.67. The van der Waals surface area contributed by atoms with Gasteiger partial charge in [0.25, 0.3) is 0 Å². The second kappa shape index (κ2) is 5.82. The van der Waals surface area contributed by atoms with Crippen LogP contribution in [-0.4, -0.2) is 16.2 Å². The van der Waals surface area contributed by atoms with Crippen LogP contribution >= 0.6 is 0 Å². The van der Waals surface area contributed by atoms with Crippen molar-refractivity contribution in [2.24, 2.45) is 11.8 Å². The van der Waals surface area contributed by atoms with E-state index in [0.29, 0.717) is 18.3 Å². The van der Waals surface area contributed by atoms with E-state index in [0.717, 1.165) is 23.3 Å². The number of rotatable bonds is 7. The molecule has 0 amide bonds. The molecule has 1 N–H and O–H groups in total. The average molecular weight is 291 g/mol. The number of aromatic nitrogens is 1. The van der Waals surface area contributed by atoms with Gasteiger partial charge in [-0.15, -0.1) is 0 Å². The summed E-state index contributed by atoms with van der Waals surface area (Å²) >= 11 is 0. The highest BCUT2D eigenvalue weighted by Gasteiger charge is 2.40. The van der Waals surface area contributed by atoms with Crippen molar-refractivity contribution in [2.45, 2.75) is 70.6 Å². The topological polar surface area (TPSA) is 63.3 Å². The van der Waals surface area contributed by atoms with E-state index in [2.05, 4.69) is 19.0 Å². The Bertz CT molecular complexity index is 510. The maximum absolute atomic E-state index is 10.8. The van der Waals surface area contributed by atoms with Gasteiger partial charge in [0.2, 0.25) is 0 Å². The van der Waals surface area contributed by atoms with E-state index in [1.165, 1.54) is 37.7 Å². The monoisotopic (exact) mass is 291 g/mol. The van der Waals surface area contributed by atoms with Crippen LogP contribution in [0.25, 0.3) is 0 Å². The fraction of sp³-hybridized carbons (Fsp3) is 0.765. The summed E-state index contributed by atoms with van der Waals surface area (Å²) in [6, 6.07) is 0. The Hall–Kier alpha value is -1.32. The maximum atomic E-state index is 10.8. The van der Waals surface area contributed by atoms with Crippen molar-refractivity contribution < 1.29 is 14.4 Å². The Labute approximate surface area is 125 Å². The first-order valence-corrected chi connectivity index (χ1v) is 8.24. The van der Waals surface area contributed by atoms with Gasteiger partial charge in [0.1, 0.15) is 5.76 Å². The molecule has 0 aromatic carbocycles. The lowest BCUT2D eigenvalue weighted by atomic mass is 9.69. The molecule has 0 unspecified atom stereocenters. The maximum Gasteiger partial charge on any atom is 0.303 e. The van der Waals surface area contributed by atoms with E-state index in [-0.39, 0.29) is 6.42 Å². The van der Waals surface area contributed by atoms with Crippen molar-refractivity contribution in [1.82, 2.24) is 5.16 Å². The van der Waals surface area contributed by atoms with Gasteiger partial charge in [-0.3, -0.25) is 4.79 Å². The molecule has 21 heavy (non-hydrogen) atoms. The van der Waals surface area contributed by atoms with Crippen LogP contribution in [0.4, 0.5) is 0 Å². The van der Waals surface area contributed by atoms with E-state index in [1.54, 1.807) is 0 Å². The first-order chi connectivity index (χ1) is 10.0. The molecule has 1 aromatic heterocycles. The van der Waals surface area contributed by atoms with Crippen LogP contribution in [0.1, 0.15) is 81.2 Å². The molecular formula is C17H25NO3. The lowest BCUT2D eigenvalue weighted by Crippen LogP contribution is -2.23. The van der Waals surface area contributed by atoms with Crippen molar-refractivity contribution in [3.63, 3.8) is 0 Å². The van der Waals surface area contributed by atoms with Gasteiger partial charge in [-0.25, -0.2) is 0 Å². The third kappa shape index (κ3) is 3.30. The number of hydrogen-bond donors (Lipinski definition) is 1. The first kappa shape index (κ1) is 14.6. The highest BCUT2D eigenvalue weighted by Crippen LogP contribution is 2.51. The SMILES string of the molecule is CC(C)CC1CC(c2onc(CCC(=O)O)c2C2CC2)C1. The quantitative estimate of drug-likeness (QED) is 0.821. The highest BCUT2D eigenvalue weighted by atomic mass is 16.5. The van der Waals surface area contributed by atoms with Gasteiger partial charge in [0, 0.05) is 17.9 Å². The summed E-state index contributed by atoms with van der Waals surface area (Å²) in [5.74, 6) is 3.02. The van der Waals surface area contributed by atoms with Crippen molar-refractivity contribution >= 4 is 5.97 Å². The van der Waals surface area contributed by atoms with Gasteiger partial charge in [0.05, 0.1) is 12.1 Å². The molecule has 1 aromatic rings. The molecule has 2 saturated carbocycles. The van der Waals surface area contributed by atoms with E-state index in [1.807, 2.05) is 0 Å². The Kier molecular flexibility index (Phi) is 4.05. The fourth-order valence-corrected chi connectivity index (χ4v) is 3.66. The Morgan fingerprint density at radius 2 is 2.05 bits per heavy atom. The zero-order chi connectivity index (χ0) is 15.0. The molecule has 4 heteroatoms. The molecular weight excluding hydrogens is 266 g/mol.